The van der Waals surface area contributed by atoms with Gasteiger partial charge in [-0.1, -0.05) is 24.3 Å². The molecule has 0 aromatic heterocycles. The molecular weight excluding hydrogens is 344 g/mol. The molecule has 0 atom stereocenters. The highest BCUT2D eigenvalue weighted by Crippen LogP contribution is 2.33. The van der Waals surface area contributed by atoms with Gasteiger partial charge in [0.05, 0.1) is 18.4 Å². The Morgan fingerprint density at radius 1 is 1.11 bits per heavy atom. The number of anilines is 2. The fourth-order valence-corrected chi connectivity index (χ4v) is 2.69. The summed E-state index contributed by atoms with van der Waals surface area (Å²) in [7, 11) is 1.31. The Hall–Kier alpha value is -3.02. The third-order valence-electron chi connectivity index (χ3n) is 3.89. The second-order valence-electron chi connectivity index (χ2n) is 7.04. The third-order valence-corrected chi connectivity index (χ3v) is 3.89. The molecule has 6 nitrogen and oxygen atoms in total. The Balaban J connectivity index is 2.47. The predicted octanol–water partition coefficient (Wildman–Crippen LogP) is 4.48. The zero-order valence-electron chi connectivity index (χ0n) is 16.4. The molecule has 0 spiro atoms. The highest BCUT2D eigenvalue weighted by molar-refractivity contribution is 5.98. The normalized spacial score (nSPS) is 11.0. The number of esters is 1. The van der Waals surface area contributed by atoms with Gasteiger partial charge in [0.15, 0.2) is 0 Å². The van der Waals surface area contributed by atoms with Crippen molar-refractivity contribution in [3.8, 4) is 11.1 Å². The fourth-order valence-electron chi connectivity index (χ4n) is 2.69. The molecule has 0 saturated carbocycles. The van der Waals surface area contributed by atoms with Crippen LogP contribution in [-0.2, 0) is 9.47 Å². The van der Waals surface area contributed by atoms with E-state index in [9.17, 15) is 9.59 Å². The standard InChI is InChI=1S/C21H26N2O4/c1-6-23(20(25)27-21(2,3)4)18-10-8-7-9-15(18)14-11-12-16(17(22)13-14)19(24)26-5/h7-13H,6,22H2,1-5H3. The van der Waals surface area contributed by atoms with Gasteiger partial charge in [-0.2, -0.15) is 0 Å². The smallest absolute Gasteiger partial charge is 0.414 e. The molecule has 0 radical (unpaired) electrons. The first-order valence-electron chi connectivity index (χ1n) is 8.75. The number of para-hydroxylation sites is 1. The minimum atomic E-state index is -0.591. The molecule has 0 heterocycles. The number of carbonyl (C=O) groups excluding carboxylic acids is 2. The largest absolute Gasteiger partial charge is 0.465 e. The summed E-state index contributed by atoms with van der Waals surface area (Å²) in [5.41, 5.74) is 8.37. The number of rotatable bonds is 4. The van der Waals surface area contributed by atoms with Crippen LogP contribution in [0.3, 0.4) is 0 Å². The topological polar surface area (TPSA) is 81.9 Å². The highest BCUT2D eigenvalue weighted by Gasteiger charge is 2.24. The SMILES string of the molecule is CCN(C(=O)OC(C)(C)C)c1ccccc1-c1ccc(C(=O)OC)c(N)c1. The van der Waals surface area contributed by atoms with Crippen molar-refractivity contribution in [3.63, 3.8) is 0 Å². The Kier molecular flexibility index (Phi) is 6.10. The van der Waals surface area contributed by atoms with Crippen LogP contribution in [0, 0.1) is 0 Å². The number of nitrogens with two attached hydrogens (primary N) is 1. The van der Waals surface area contributed by atoms with Crippen molar-refractivity contribution in [2.24, 2.45) is 0 Å². The summed E-state index contributed by atoms with van der Waals surface area (Å²) in [6.07, 6.45) is -0.420. The zero-order chi connectivity index (χ0) is 20.2. The molecule has 1 amide bonds. The molecule has 2 aromatic carbocycles. The number of ether oxygens (including phenoxy) is 2. The maximum Gasteiger partial charge on any atom is 0.414 e. The molecule has 0 aliphatic rings. The number of hydrogen-bond acceptors (Lipinski definition) is 5. The maximum atomic E-state index is 12.6. The van der Waals surface area contributed by atoms with Gasteiger partial charge in [-0.3, -0.25) is 4.90 Å². The van der Waals surface area contributed by atoms with Crippen molar-refractivity contribution in [3.05, 3.63) is 48.0 Å². The van der Waals surface area contributed by atoms with Crippen LogP contribution in [-0.4, -0.2) is 31.3 Å². The lowest BCUT2D eigenvalue weighted by molar-refractivity contribution is 0.0578. The molecule has 2 rings (SSSR count). The first-order valence-corrected chi connectivity index (χ1v) is 8.75. The summed E-state index contributed by atoms with van der Waals surface area (Å²) in [4.78, 5) is 26.0. The maximum absolute atomic E-state index is 12.6. The van der Waals surface area contributed by atoms with Crippen molar-refractivity contribution in [2.75, 3.05) is 24.3 Å². The van der Waals surface area contributed by atoms with E-state index >= 15 is 0 Å². The molecule has 2 aromatic rings. The Labute approximate surface area is 159 Å². The molecule has 0 saturated heterocycles. The van der Waals surface area contributed by atoms with E-state index < -0.39 is 17.7 Å². The van der Waals surface area contributed by atoms with Gasteiger partial charge in [-0.15, -0.1) is 0 Å². The van der Waals surface area contributed by atoms with E-state index in [2.05, 4.69) is 0 Å². The predicted molar refractivity (Wildman–Crippen MR) is 107 cm³/mol. The van der Waals surface area contributed by atoms with Crippen LogP contribution in [0.5, 0.6) is 0 Å². The van der Waals surface area contributed by atoms with Crippen molar-refractivity contribution in [1.82, 2.24) is 0 Å². The lowest BCUT2D eigenvalue weighted by Crippen LogP contribution is -2.37. The first-order chi connectivity index (χ1) is 12.7. The van der Waals surface area contributed by atoms with Crippen molar-refractivity contribution < 1.29 is 19.1 Å². The van der Waals surface area contributed by atoms with Gasteiger partial charge in [-0.05, 0) is 51.5 Å². The Bertz CT molecular complexity index is 840. The van der Waals surface area contributed by atoms with Crippen LogP contribution < -0.4 is 10.6 Å². The molecule has 0 bridgehead atoms. The summed E-state index contributed by atoms with van der Waals surface area (Å²) >= 11 is 0. The molecule has 2 N–H and O–H groups in total. The summed E-state index contributed by atoms with van der Waals surface area (Å²) in [5.74, 6) is -0.490. The van der Waals surface area contributed by atoms with E-state index in [1.165, 1.54) is 7.11 Å². The summed E-state index contributed by atoms with van der Waals surface area (Å²) in [6, 6.07) is 12.6. The second-order valence-corrected chi connectivity index (χ2v) is 7.04. The summed E-state index contributed by atoms with van der Waals surface area (Å²) in [6.45, 7) is 7.82. The quantitative estimate of drug-likeness (QED) is 0.634. The molecule has 27 heavy (non-hydrogen) atoms. The monoisotopic (exact) mass is 370 g/mol. The van der Waals surface area contributed by atoms with Crippen molar-refractivity contribution in [2.45, 2.75) is 33.3 Å². The molecular formula is C21H26N2O4. The van der Waals surface area contributed by atoms with Gasteiger partial charge in [0.2, 0.25) is 0 Å². The van der Waals surface area contributed by atoms with E-state index in [-0.39, 0.29) is 0 Å². The van der Waals surface area contributed by atoms with Gasteiger partial charge < -0.3 is 15.2 Å². The lowest BCUT2D eigenvalue weighted by Gasteiger charge is -2.28. The Morgan fingerprint density at radius 3 is 2.33 bits per heavy atom. The molecule has 144 valence electrons. The minimum Gasteiger partial charge on any atom is -0.465 e. The van der Waals surface area contributed by atoms with Crippen molar-refractivity contribution >= 4 is 23.4 Å². The van der Waals surface area contributed by atoms with Crippen LogP contribution >= 0.6 is 0 Å². The third kappa shape index (κ3) is 4.78. The van der Waals surface area contributed by atoms with Gasteiger partial charge in [0.25, 0.3) is 0 Å². The van der Waals surface area contributed by atoms with Crippen molar-refractivity contribution in [1.29, 1.82) is 0 Å². The molecule has 0 unspecified atom stereocenters. The number of carbonyl (C=O) groups is 2. The molecule has 0 fully saturated rings. The van der Waals surface area contributed by atoms with E-state index in [1.807, 2.05) is 52.0 Å². The average Bonchev–Trinajstić information content (AvgIpc) is 2.60. The number of nitrogen functional groups attached to an aromatic ring is 1. The van der Waals surface area contributed by atoms with Gasteiger partial charge >= 0.3 is 12.1 Å². The van der Waals surface area contributed by atoms with Crippen LogP contribution in [0.25, 0.3) is 11.1 Å². The van der Waals surface area contributed by atoms with E-state index in [0.717, 1.165) is 11.1 Å². The van der Waals surface area contributed by atoms with Crippen LogP contribution in [0.2, 0.25) is 0 Å². The average molecular weight is 370 g/mol. The summed E-state index contributed by atoms with van der Waals surface area (Å²) in [5, 5.41) is 0. The number of nitrogens with zero attached hydrogens (tertiary/aromatic N) is 1. The minimum absolute atomic E-state index is 0.304. The molecule has 0 aliphatic carbocycles. The number of hydrogen-bond donors (Lipinski definition) is 1. The van der Waals surface area contributed by atoms with Crippen LogP contribution in [0.15, 0.2) is 42.5 Å². The van der Waals surface area contributed by atoms with Gasteiger partial charge in [-0.25, -0.2) is 9.59 Å². The first kappa shape index (κ1) is 20.3. The lowest BCUT2D eigenvalue weighted by atomic mass is 10.00. The highest BCUT2D eigenvalue weighted by atomic mass is 16.6. The zero-order valence-corrected chi connectivity index (χ0v) is 16.4. The van der Waals surface area contributed by atoms with Gasteiger partial charge in [0.1, 0.15) is 5.60 Å². The molecule has 0 aliphatic heterocycles. The fraction of sp³-hybridized carbons (Fsp3) is 0.333. The number of benzene rings is 2. The summed E-state index contributed by atoms with van der Waals surface area (Å²) < 4.78 is 10.3. The van der Waals surface area contributed by atoms with E-state index in [1.54, 1.807) is 23.1 Å². The van der Waals surface area contributed by atoms with Gasteiger partial charge in [0, 0.05) is 17.8 Å². The van der Waals surface area contributed by atoms with E-state index in [0.29, 0.717) is 23.5 Å². The van der Waals surface area contributed by atoms with Crippen LogP contribution in [0.1, 0.15) is 38.1 Å². The van der Waals surface area contributed by atoms with E-state index in [4.69, 9.17) is 15.2 Å². The molecule has 6 heteroatoms. The Morgan fingerprint density at radius 2 is 1.78 bits per heavy atom. The number of methoxy groups -OCH3 is 1. The number of amides is 1. The second kappa shape index (κ2) is 8.12. The van der Waals surface area contributed by atoms with Crippen LogP contribution in [0.4, 0.5) is 16.2 Å².